The minimum absolute atomic E-state index is 0.192. The third kappa shape index (κ3) is 9.45. The number of hydrogen-bond acceptors (Lipinski definition) is 6. The van der Waals surface area contributed by atoms with Crippen LogP contribution in [0.3, 0.4) is 0 Å². The molecule has 3 N–H and O–H groups in total. The molecule has 0 aromatic carbocycles. The standard InChI is InChI=1S/C21H39N3O6/c1-11(2)14(17(25)23-16(13(5)6)19(27)29-10)22-18(26)15(12(3)4)24-20(28)30-21(7,8)9/h11-16H,1-10H3,(H,22,26)(H,23,25)(H,24,28)/t14-,15-,16+/m0/s1. The third-order valence-electron chi connectivity index (χ3n) is 4.29. The number of alkyl carbamates (subject to hydrolysis) is 1. The maximum Gasteiger partial charge on any atom is 0.408 e. The Morgan fingerprint density at radius 3 is 1.37 bits per heavy atom. The SMILES string of the molecule is COC(=O)[C@H](NC(=O)[C@@H](NC(=O)[C@@H](NC(=O)OC(C)(C)C)C(C)C)C(C)C)C(C)C. The quantitative estimate of drug-likeness (QED) is 0.482. The molecule has 0 heterocycles. The van der Waals surface area contributed by atoms with Crippen LogP contribution in [0.5, 0.6) is 0 Å². The predicted molar refractivity (Wildman–Crippen MR) is 114 cm³/mol. The number of nitrogens with one attached hydrogen (secondary N) is 3. The Bertz CT molecular complexity index is 610. The van der Waals surface area contributed by atoms with Gasteiger partial charge in [0.1, 0.15) is 23.7 Å². The first kappa shape index (κ1) is 27.7. The van der Waals surface area contributed by atoms with Crippen LogP contribution in [0.2, 0.25) is 0 Å². The van der Waals surface area contributed by atoms with Crippen molar-refractivity contribution in [2.24, 2.45) is 17.8 Å². The molecule has 0 fully saturated rings. The van der Waals surface area contributed by atoms with E-state index in [1.54, 1.807) is 62.3 Å². The van der Waals surface area contributed by atoms with Crippen LogP contribution >= 0.6 is 0 Å². The fourth-order valence-electron chi connectivity index (χ4n) is 2.62. The highest BCUT2D eigenvalue weighted by Crippen LogP contribution is 2.11. The predicted octanol–water partition coefficient (Wildman–Crippen LogP) is 1.99. The van der Waals surface area contributed by atoms with Crippen molar-refractivity contribution in [3.05, 3.63) is 0 Å². The number of methoxy groups -OCH3 is 1. The Morgan fingerprint density at radius 2 is 1.03 bits per heavy atom. The third-order valence-corrected chi connectivity index (χ3v) is 4.29. The van der Waals surface area contributed by atoms with Gasteiger partial charge in [0, 0.05) is 0 Å². The van der Waals surface area contributed by atoms with Gasteiger partial charge in [-0.3, -0.25) is 9.59 Å². The van der Waals surface area contributed by atoms with Gasteiger partial charge in [0.15, 0.2) is 0 Å². The number of rotatable bonds is 9. The van der Waals surface area contributed by atoms with Crippen molar-refractivity contribution in [1.29, 1.82) is 0 Å². The Hall–Kier alpha value is -2.32. The molecule has 9 heteroatoms. The summed E-state index contributed by atoms with van der Waals surface area (Å²) in [4.78, 5) is 49.7. The molecule has 0 radical (unpaired) electrons. The van der Waals surface area contributed by atoms with Gasteiger partial charge in [-0.15, -0.1) is 0 Å². The fraction of sp³-hybridized carbons (Fsp3) is 0.810. The van der Waals surface area contributed by atoms with E-state index >= 15 is 0 Å². The summed E-state index contributed by atoms with van der Waals surface area (Å²) in [6.45, 7) is 15.8. The van der Waals surface area contributed by atoms with E-state index in [0.29, 0.717) is 0 Å². The van der Waals surface area contributed by atoms with Crippen molar-refractivity contribution in [3.63, 3.8) is 0 Å². The van der Waals surface area contributed by atoms with E-state index in [2.05, 4.69) is 16.0 Å². The van der Waals surface area contributed by atoms with Gasteiger partial charge in [0.25, 0.3) is 0 Å². The van der Waals surface area contributed by atoms with Gasteiger partial charge in [0.2, 0.25) is 11.8 Å². The van der Waals surface area contributed by atoms with Gasteiger partial charge in [-0.05, 0) is 38.5 Å². The first-order chi connectivity index (χ1) is 13.6. The highest BCUT2D eigenvalue weighted by atomic mass is 16.6. The Kier molecular flexibility index (Phi) is 10.9. The molecule has 3 atom stereocenters. The van der Waals surface area contributed by atoms with Crippen LogP contribution < -0.4 is 16.0 Å². The molecule has 0 spiro atoms. The molecule has 9 nitrogen and oxygen atoms in total. The van der Waals surface area contributed by atoms with E-state index < -0.39 is 47.6 Å². The second-order valence-corrected chi connectivity index (χ2v) is 9.35. The van der Waals surface area contributed by atoms with Crippen LogP contribution in [0.15, 0.2) is 0 Å². The van der Waals surface area contributed by atoms with Crippen LogP contribution in [0.1, 0.15) is 62.3 Å². The second-order valence-electron chi connectivity index (χ2n) is 9.35. The number of amides is 3. The molecule has 3 amide bonds. The summed E-state index contributed by atoms with van der Waals surface area (Å²) in [6.07, 6.45) is -0.715. The summed E-state index contributed by atoms with van der Waals surface area (Å²) in [5.74, 6) is -2.26. The van der Waals surface area contributed by atoms with Crippen molar-refractivity contribution in [2.45, 2.75) is 86.0 Å². The molecule has 0 aromatic heterocycles. The summed E-state index contributed by atoms with van der Waals surface area (Å²) in [6, 6.07) is -2.62. The number of ether oxygens (including phenoxy) is 2. The fourth-order valence-corrected chi connectivity index (χ4v) is 2.62. The Labute approximate surface area is 180 Å². The van der Waals surface area contributed by atoms with Crippen LogP contribution in [0.25, 0.3) is 0 Å². The zero-order valence-electron chi connectivity index (χ0n) is 19.9. The van der Waals surface area contributed by atoms with Gasteiger partial charge in [0.05, 0.1) is 7.11 Å². The molecule has 30 heavy (non-hydrogen) atoms. The minimum Gasteiger partial charge on any atom is -0.467 e. The normalized spacial score (nSPS) is 14.7. The molecule has 0 aliphatic rings. The van der Waals surface area contributed by atoms with Crippen molar-refractivity contribution < 1.29 is 28.7 Å². The molecule has 0 rings (SSSR count). The lowest BCUT2D eigenvalue weighted by Crippen LogP contribution is -2.59. The smallest absolute Gasteiger partial charge is 0.408 e. The molecular weight excluding hydrogens is 390 g/mol. The Morgan fingerprint density at radius 1 is 0.667 bits per heavy atom. The molecule has 0 aliphatic heterocycles. The molecule has 0 saturated heterocycles. The van der Waals surface area contributed by atoms with E-state index in [-0.39, 0.29) is 17.8 Å². The maximum atomic E-state index is 12.9. The molecule has 174 valence electrons. The van der Waals surface area contributed by atoms with Crippen LogP contribution in [-0.2, 0) is 23.9 Å². The average Bonchev–Trinajstić information content (AvgIpc) is 2.58. The summed E-state index contributed by atoms with van der Waals surface area (Å²) >= 11 is 0. The molecule has 0 aliphatic carbocycles. The summed E-state index contributed by atoms with van der Waals surface area (Å²) in [5, 5.41) is 7.91. The largest absolute Gasteiger partial charge is 0.467 e. The van der Waals surface area contributed by atoms with E-state index in [0.717, 1.165) is 0 Å². The average molecular weight is 430 g/mol. The van der Waals surface area contributed by atoms with E-state index in [1.165, 1.54) is 7.11 Å². The lowest BCUT2D eigenvalue weighted by molar-refractivity contribution is -0.146. The molecule has 0 bridgehead atoms. The minimum atomic E-state index is -0.898. The number of hydrogen-bond donors (Lipinski definition) is 3. The van der Waals surface area contributed by atoms with Crippen molar-refractivity contribution in [1.82, 2.24) is 16.0 Å². The van der Waals surface area contributed by atoms with Gasteiger partial charge < -0.3 is 25.4 Å². The van der Waals surface area contributed by atoms with Crippen molar-refractivity contribution >= 4 is 23.9 Å². The zero-order chi connectivity index (χ0) is 23.8. The van der Waals surface area contributed by atoms with Gasteiger partial charge >= 0.3 is 12.1 Å². The lowest BCUT2D eigenvalue weighted by Gasteiger charge is -2.29. The molecule has 0 aromatic rings. The monoisotopic (exact) mass is 429 g/mol. The van der Waals surface area contributed by atoms with Crippen LogP contribution in [0.4, 0.5) is 4.79 Å². The first-order valence-corrected chi connectivity index (χ1v) is 10.3. The maximum absolute atomic E-state index is 12.9. The first-order valence-electron chi connectivity index (χ1n) is 10.3. The molecule has 0 unspecified atom stereocenters. The highest BCUT2D eigenvalue weighted by molar-refractivity contribution is 5.93. The summed E-state index contributed by atoms with van der Waals surface area (Å²) < 4.78 is 9.97. The number of carbonyl (C=O) groups excluding carboxylic acids is 4. The van der Waals surface area contributed by atoms with Gasteiger partial charge in [-0.2, -0.15) is 0 Å². The van der Waals surface area contributed by atoms with Crippen molar-refractivity contribution in [2.75, 3.05) is 7.11 Å². The van der Waals surface area contributed by atoms with Crippen LogP contribution in [0, 0.1) is 17.8 Å². The van der Waals surface area contributed by atoms with Crippen LogP contribution in [-0.4, -0.2) is 54.7 Å². The Balaban J connectivity index is 5.37. The van der Waals surface area contributed by atoms with Gasteiger partial charge in [-0.1, -0.05) is 41.5 Å². The summed E-state index contributed by atoms with van der Waals surface area (Å²) in [7, 11) is 1.25. The zero-order valence-corrected chi connectivity index (χ0v) is 19.9. The highest BCUT2D eigenvalue weighted by Gasteiger charge is 2.34. The lowest BCUT2D eigenvalue weighted by atomic mass is 9.98. The van der Waals surface area contributed by atoms with E-state index in [1.807, 2.05) is 0 Å². The van der Waals surface area contributed by atoms with Gasteiger partial charge in [-0.25, -0.2) is 9.59 Å². The topological polar surface area (TPSA) is 123 Å². The van der Waals surface area contributed by atoms with E-state index in [9.17, 15) is 19.2 Å². The second kappa shape index (κ2) is 11.8. The number of carbonyl (C=O) groups is 4. The summed E-state index contributed by atoms with van der Waals surface area (Å²) in [5.41, 5.74) is -0.706. The number of esters is 1. The van der Waals surface area contributed by atoms with E-state index in [4.69, 9.17) is 9.47 Å². The van der Waals surface area contributed by atoms with Crippen molar-refractivity contribution in [3.8, 4) is 0 Å². The molecular formula is C21H39N3O6. The molecule has 0 saturated carbocycles.